The third-order valence-electron chi connectivity index (χ3n) is 5.15. The van der Waals surface area contributed by atoms with Crippen molar-refractivity contribution < 1.29 is 14.4 Å². The van der Waals surface area contributed by atoms with E-state index in [1.54, 1.807) is 41.3 Å². The summed E-state index contributed by atoms with van der Waals surface area (Å²) in [5.74, 6) is -0.343. The second kappa shape index (κ2) is 9.64. The molecule has 6 nitrogen and oxygen atoms in total. The quantitative estimate of drug-likeness (QED) is 0.670. The third-order valence-corrected chi connectivity index (χ3v) is 5.68. The molecule has 7 heteroatoms. The summed E-state index contributed by atoms with van der Waals surface area (Å²) >= 11 is 3.37. The van der Waals surface area contributed by atoms with Crippen molar-refractivity contribution in [2.75, 3.05) is 18.4 Å². The van der Waals surface area contributed by atoms with Crippen molar-refractivity contribution in [3.63, 3.8) is 0 Å². The van der Waals surface area contributed by atoms with Crippen LogP contribution in [0, 0.1) is 5.92 Å². The van der Waals surface area contributed by atoms with Gasteiger partial charge in [-0.3, -0.25) is 14.4 Å². The molecule has 1 saturated heterocycles. The summed E-state index contributed by atoms with van der Waals surface area (Å²) in [6.45, 7) is 6.89. The number of carbonyl (C=O) groups excluding carboxylic acids is 3. The fourth-order valence-corrected chi connectivity index (χ4v) is 3.75. The van der Waals surface area contributed by atoms with Crippen LogP contribution in [0.2, 0.25) is 0 Å². The largest absolute Gasteiger partial charge is 0.347 e. The number of hydrogen-bond donors (Lipinski definition) is 2. The van der Waals surface area contributed by atoms with Crippen molar-refractivity contribution in [3.05, 3.63) is 64.1 Å². The maximum Gasteiger partial charge on any atom is 0.253 e. The highest BCUT2D eigenvalue weighted by Gasteiger charge is 2.28. The zero-order valence-corrected chi connectivity index (χ0v) is 19.7. The van der Waals surface area contributed by atoms with Crippen LogP contribution in [-0.2, 0) is 4.79 Å². The molecule has 2 aromatic carbocycles. The second-order valence-electron chi connectivity index (χ2n) is 8.84. The van der Waals surface area contributed by atoms with Gasteiger partial charge in [-0.25, -0.2) is 0 Å². The number of benzene rings is 2. The summed E-state index contributed by atoms with van der Waals surface area (Å²) in [6, 6.07) is 14.2. The van der Waals surface area contributed by atoms with Gasteiger partial charge >= 0.3 is 0 Å². The lowest BCUT2D eigenvalue weighted by Crippen LogP contribution is -2.41. The molecule has 1 heterocycles. The number of hydrogen-bond acceptors (Lipinski definition) is 3. The monoisotopic (exact) mass is 485 g/mol. The van der Waals surface area contributed by atoms with Crippen LogP contribution in [0.1, 0.15) is 54.3 Å². The van der Waals surface area contributed by atoms with Gasteiger partial charge in [-0.05, 0) is 82.1 Å². The molecule has 0 aliphatic carbocycles. The Hall–Kier alpha value is -2.67. The molecule has 0 atom stereocenters. The molecule has 0 radical (unpaired) electrons. The molecule has 0 spiro atoms. The van der Waals surface area contributed by atoms with Gasteiger partial charge < -0.3 is 15.5 Å². The van der Waals surface area contributed by atoms with E-state index in [2.05, 4.69) is 26.6 Å². The number of nitrogens with zero attached hydrogens (tertiary/aromatic N) is 1. The lowest BCUT2D eigenvalue weighted by Gasteiger charge is -2.31. The molecule has 31 heavy (non-hydrogen) atoms. The van der Waals surface area contributed by atoms with Crippen LogP contribution >= 0.6 is 15.9 Å². The zero-order valence-electron chi connectivity index (χ0n) is 18.1. The molecular formula is C24H28BrN3O3. The van der Waals surface area contributed by atoms with Gasteiger partial charge in [0.15, 0.2) is 0 Å². The maximum absolute atomic E-state index is 12.7. The van der Waals surface area contributed by atoms with E-state index in [0.29, 0.717) is 42.7 Å². The summed E-state index contributed by atoms with van der Waals surface area (Å²) in [4.78, 5) is 39.3. The Balaban J connectivity index is 1.51. The van der Waals surface area contributed by atoms with Gasteiger partial charge in [0, 0.05) is 45.8 Å². The fourth-order valence-electron chi connectivity index (χ4n) is 3.48. The Bertz CT molecular complexity index is 942. The third kappa shape index (κ3) is 6.40. The minimum Gasteiger partial charge on any atom is -0.347 e. The smallest absolute Gasteiger partial charge is 0.253 e. The number of rotatable bonds is 4. The highest BCUT2D eigenvalue weighted by molar-refractivity contribution is 9.10. The number of halogens is 1. The Kier molecular flexibility index (Phi) is 7.15. The van der Waals surface area contributed by atoms with Gasteiger partial charge in [-0.2, -0.15) is 0 Å². The molecule has 0 saturated carbocycles. The molecule has 1 aliphatic rings. The molecule has 1 aliphatic heterocycles. The van der Waals surface area contributed by atoms with Crippen molar-refractivity contribution in [3.8, 4) is 0 Å². The number of likely N-dealkylation sites (tertiary alicyclic amines) is 1. The van der Waals surface area contributed by atoms with E-state index < -0.39 is 0 Å². The summed E-state index contributed by atoms with van der Waals surface area (Å²) in [5, 5.41) is 5.84. The van der Waals surface area contributed by atoms with Crippen molar-refractivity contribution in [2.45, 2.75) is 39.2 Å². The van der Waals surface area contributed by atoms with Crippen LogP contribution in [0.5, 0.6) is 0 Å². The average molecular weight is 486 g/mol. The molecule has 2 aromatic rings. The number of nitrogens with one attached hydrogen (secondary N) is 2. The van der Waals surface area contributed by atoms with Crippen molar-refractivity contribution in [1.82, 2.24) is 10.2 Å². The van der Waals surface area contributed by atoms with E-state index in [1.165, 1.54) is 0 Å². The molecule has 2 N–H and O–H groups in total. The predicted octanol–water partition coefficient (Wildman–Crippen LogP) is 4.47. The fraction of sp³-hybridized carbons (Fsp3) is 0.375. The Morgan fingerprint density at radius 3 is 2.00 bits per heavy atom. The number of amides is 3. The van der Waals surface area contributed by atoms with Gasteiger partial charge in [-0.1, -0.05) is 15.9 Å². The first kappa shape index (κ1) is 23.0. The van der Waals surface area contributed by atoms with Gasteiger partial charge in [-0.15, -0.1) is 0 Å². The molecular weight excluding hydrogens is 458 g/mol. The molecule has 0 aromatic heterocycles. The zero-order chi connectivity index (χ0) is 22.6. The summed E-state index contributed by atoms with van der Waals surface area (Å²) in [6.07, 6.45) is 1.25. The van der Waals surface area contributed by atoms with Crippen LogP contribution in [0.15, 0.2) is 53.0 Å². The van der Waals surface area contributed by atoms with E-state index in [4.69, 9.17) is 0 Å². The molecule has 3 rings (SSSR count). The van der Waals surface area contributed by atoms with Crippen molar-refractivity contribution in [1.29, 1.82) is 0 Å². The standard InChI is InChI=1S/C24H28BrN3O3/c1-24(2,3)27-22(30)16-6-10-20(11-7-16)26-21(29)17-12-14-28(15-13-17)23(31)18-4-8-19(25)9-5-18/h4-11,17H,12-15H2,1-3H3,(H,26,29)(H,27,30). The first-order valence-corrected chi connectivity index (χ1v) is 11.2. The van der Waals surface area contributed by atoms with Gasteiger partial charge in [0.2, 0.25) is 5.91 Å². The summed E-state index contributed by atoms with van der Waals surface area (Å²) in [7, 11) is 0. The summed E-state index contributed by atoms with van der Waals surface area (Å²) < 4.78 is 0.933. The highest BCUT2D eigenvalue weighted by Crippen LogP contribution is 2.22. The lowest BCUT2D eigenvalue weighted by atomic mass is 9.95. The van der Waals surface area contributed by atoms with E-state index in [1.807, 2.05) is 32.9 Å². The normalized spacial score (nSPS) is 14.8. The molecule has 0 bridgehead atoms. The predicted molar refractivity (Wildman–Crippen MR) is 125 cm³/mol. The Morgan fingerprint density at radius 1 is 0.903 bits per heavy atom. The molecule has 1 fully saturated rings. The highest BCUT2D eigenvalue weighted by atomic mass is 79.9. The first-order valence-electron chi connectivity index (χ1n) is 10.4. The van der Waals surface area contributed by atoms with E-state index in [9.17, 15) is 14.4 Å². The van der Waals surface area contributed by atoms with Crippen LogP contribution in [0.4, 0.5) is 5.69 Å². The summed E-state index contributed by atoms with van der Waals surface area (Å²) in [5.41, 5.74) is 1.55. The Morgan fingerprint density at radius 2 is 1.45 bits per heavy atom. The molecule has 0 unspecified atom stereocenters. The van der Waals surface area contributed by atoms with Gasteiger partial charge in [0.1, 0.15) is 0 Å². The minimum absolute atomic E-state index is 0.00418. The topological polar surface area (TPSA) is 78.5 Å². The average Bonchev–Trinajstić information content (AvgIpc) is 2.73. The molecule has 164 valence electrons. The second-order valence-corrected chi connectivity index (χ2v) is 9.76. The SMILES string of the molecule is CC(C)(C)NC(=O)c1ccc(NC(=O)C2CCN(C(=O)c3ccc(Br)cc3)CC2)cc1. The minimum atomic E-state index is -0.308. The maximum atomic E-state index is 12.7. The first-order chi connectivity index (χ1) is 14.6. The van der Waals surface area contributed by atoms with E-state index in [0.717, 1.165) is 4.47 Å². The number of anilines is 1. The number of piperidine rings is 1. The number of carbonyl (C=O) groups is 3. The van der Waals surface area contributed by atoms with Crippen LogP contribution < -0.4 is 10.6 Å². The lowest BCUT2D eigenvalue weighted by molar-refractivity contribution is -0.121. The molecule has 3 amide bonds. The van der Waals surface area contributed by atoms with Crippen LogP contribution in [0.3, 0.4) is 0 Å². The van der Waals surface area contributed by atoms with Gasteiger partial charge in [0.25, 0.3) is 11.8 Å². The van der Waals surface area contributed by atoms with Crippen molar-refractivity contribution in [2.24, 2.45) is 5.92 Å². The van der Waals surface area contributed by atoms with E-state index >= 15 is 0 Å². The van der Waals surface area contributed by atoms with Crippen LogP contribution in [0.25, 0.3) is 0 Å². The van der Waals surface area contributed by atoms with Crippen LogP contribution in [-0.4, -0.2) is 41.2 Å². The van der Waals surface area contributed by atoms with Gasteiger partial charge in [0.05, 0.1) is 0 Å². The van der Waals surface area contributed by atoms with E-state index in [-0.39, 0.29) is 29.2 Å². The Labute approximate surface area is 191 Å². The van der Waals surface area contributed by atoms with Crippen molar-refractivity contribution >= 4 is 39.3 Å².